The first-order chi connectivity index (χ1) is 12.8. The summed E-state index contributed by atoms with van der Waals surface area (Å²) >= 11 is 0. The lowest BCUT2D eigenvalue weighted by Gasteiger charge is -2.35. The van der Waals surface area contributed by atoms with Gasteiger partial charge in [-0.05, 0) is 18.6 Å². The van der Waals surface area contributed by atoms with E-state index in [2.05, 4.69) is 15.5 Å². The highest BCUT2D eigenvalue weighted by atomic mass is 19.1. The van der Waals surface area contributed by atoms with Crippen LogP contribution in [0.3, 0.4) is 0 Å². The third-order valence-electron chi connectivity index (χ3n) is 4.91. The van der Waals surface area contributed by atoms with Gasteiger partial charge in [-0.25, -0.2) is 13.6 Å². The second-order valence-corrected chi connectivity index (χ2v) is 7.21. The van der Waals surface area contributed by atoms with Crippen molar-refractivity contribution in [1.82, 2.24) is 15.1 Å². The lowest BCUT2D eigenvalue weighted by atomic mass is 10.1. The number of morpholine rings is 1. The van der Waals surface area contributed by atoms with Crippen molar-refractivity contribution < 1.29 is 23.1 Å². The fourth-order valence-corrected chi connectivity index (χ4v) is 3.48. The highest BCUT2D eigenvalue weighted by Crippen LogP contribution is 2.25. The summed E-state index contributed by atoms with van der Waals surface area (Å²) in [6.45, 7) is 1.79. The number of hydrogen-bond donors (Lipinski definition) is 2. The second-order valence-electron chi connectivity index (χ2n) is 7.21. The van der Waals surface area contributed by atoms with Crippen LogP contribution in [0, 0.1) is 11.6 Å². The molecule has 0 saturated carbocycles. The fourth-order valence-electron chi connectivity index (χ4n) is 3.48. The molecule has 0 spiro atoms. The van der Waals surface area contributed by atoms with Gasteiger partial charge in [-0.3, -0.25) is 9.69 Å². The average Bonchev–Trinajstić information content (AvgIpc) is 2.98. The number of nitrogens with zero attached hydrogens (tertiary/aromatic N) is 2. The van der Waals surface area contributed by atoms with Crippen molar-refractivity contribution in [3.63, 3.8) is 0 Å². The zero-order valence-corrected chi connectivity index (χ0v) is 15.4. The Morgan fingerprint density at radius 2 is 2.07 bits per heavy atom. The lowest BCUT2D eigenvalue weighted by molar-refractivity contribution is -0.134. The number of ether oxygens (including phenoxy) is 1. The van der Waals surface area contributed by atoms with Crippen molar-refractivity contribution in [1.29, 1.82) is 0 Å². The third kappa shape index (κ3) is 4.92. The van der Waals surface area contributed by atoms with E-state index >= 15 is 0 Å². The molecular weight excluding hydrogens is 358 g/mol. The Hall–Kier alpha value is -2.26. The van der Waals surface area contributed by atoms with Crippen molar-refractivity contribution in [2.24, 2.45) is 0 Å². The standard InChI is InChI=1S/C18H24F2N4O3/c1-23(2)17(25)7-14-9-24-8-12(6-13(24)10-27-14)21-18(26)22-16-4-3-11(19)5-15(16)20/h3-5,12-14H,6-10H2,1-2H3,(H2,21,22,26)/t12-,13+,14+/m1/s1. The number of halogens is 2. The molecule has 27 heavy (non-hydrogen) atoms. The van der Waals surface area contributed by atoms with Crippen LogP contribution in [0.25, 0.3) is 0 Å². The molecule has 148 valence electrons. The van der Waals surface area contributed by atoms with Gasteiger partial charge >= 0.3 is 6.03 Å². The van der Waals surface area contributed by atoms with Gasteiger partial charge in [0.05, 0.1) is 24.8 Å². The Balaban J connectivity index is 1.49. The van der Waals surface area contributed by atoms with Gasteiger partial charge in [0.2, 0.25) is 5.91 Å². The topological polar surface area (TPSA) is 73.9 Å². The number of carbonyl (C=O) groups excluding carboxylic acids is 2. The highest BCUT2D eigenvalue weighted by molar-refractivity contribution is 5.89. The Bertz CT molecular complexity index is 716. The number of nitrogens with one attached hydrogen (secondary N) is 2. The van der Waals surface area contributed by atoms with E-state index in [4.69, 9.17) is 4.74 Å². The van der Waals surface area contributed by atoms with Crippen molar-refractivity contribution in [2.75, 3.05) is 39.1 Å². The molecule has 9 heteroatoms. The zero-order valence-electron chi connectivity index (χ0n) is 15.4. The Morgan fingerprint density at radius 3 is 2.78 bits per heavy atom. The van der Waals surface area contributed by atoms with Crippen LogP contribution in [-0.2, 0) is 9.53 Å². The van der Waals surface area contributed by atoms with E-state index in [0.29, 0.717) is 32.5 Å². The predicted octanol–water partition coefficient (Wildman–Crippen LogP) is 1.41. The number of hydrogen-bond acceptors (Lipinski definition) is 4. The summed E-state index contributed by atoms with van der Waals surface area (Å²) in [6.07, 6.45) is 0.892. The van der Waals surface area contributed by atoms with Crippen LogP contribution in [-0.4, -0.2) is 73.7 Å². The first-order valence-corrected chi connectivity index (χ1v) is 8.90. The number of fused-ring (bicyclic) bond motifs is 1. The Labute approximate surface area is 156 Å². The molecule has 7 nitrogen and oxygen atoms in total. The fraction of sp³-hybridized carbons (Fsp3) is 0.556. The van der Waals surface area contributed by atoms with Gasteiger partial charge in [0, 0.05) is 45.3 Å². The molecule has 0 aromatic heterocycles. The highest BCUT2D eigenvalue weighted by Gasteiger charge is 2.38. The minimum absolute atomic E-state index is 0.0213. The number of urea groups is 1. The maximum Gasteiger partial charge on any atom is 0.319 e. The molecule has 3 rings (SSSR count). The molecule has 3 atom stereocenters. The van der Waals surface area contributed by atoms with Crippen LogP contribution in [0.5, 0.6) is 0 Å². The summed E-state index contributed by atoms with van der Waals surface area (Å²) in [5.74, 6) is -1.50. The average molecular weight is 382 g/mol. The maximum atomic E-state index is 13.6. The first kappa shape index (κ1) is 19.5. The number of benzene rings is 1. The number of amides is 3. The van der Waals surface area contributed by atoms with Crippen LogP contribution < -0.4 is 10.6 Å². The molecular formula is C18H24F2N4O3. The molecule has 3 amide bonds. The van der Waals surface area contributed by atoms with Crippen LogP contribution >= 0.6 is 0 Å². The van der Waals surface area contributed by atoms with E-state index < -0.39 is 17.7 Å². The zero-order chi connectivity index (χ0) is 19.6. The quantitative estimate of drug-likeness (QED) is 0.826. The Kier molecular flexibility index (Phi) is 5.91. The molecule has 1 aromatic rings. The van der Waals surface area contributed by atoms with Gasteiger partial charge in [-0.1, -0.05) is 0 Å². The van der Waals surface area contributed by atoms with E-state index in [0.717, 1.165) is 12.1 Å². The van der Waals surface area contributed by atoms with E-state index in [1.54, 1.807) is 19.0 Å². The van der Waals surface area contributed by atoms with Crippen LogP contribution in [0.4, 0.5) is 19.3 Å². The number of rotatable bonds is 4. The summed E-state index contributed by atoms with van der Waals surface area (Å²) in [6, 6.07) is 2.53. The van der Waals surface area contributed by atoms with E-state index in [-0.39, 0.29) is 29.8 Å². The van der Waals surface area contributed by atoms with E-state index in [1.165, 1.54) is 6.07 Å². The summed E-state index contributed by atoms with van der Waals surface area (Å²) in [5.41, 5.74) is -0.0739. The van der Waals surface area contributed by atoms with Gasteiger partial charge in [0.25, 0.3) is 0 Å². The molecule has 2 N–H and O–H groups in total. The molecule has 1 aromatic carbocycles. The first-order valence-electron chi connectivity index (χ1n) is 8.90. The van der Waals surface area contributed by atoms with E-state index in [9.17, 15) is 18.4 Å². The predicted molar refractivity (Wildman–Crippen MR) is 95.3 cm³/mol. The van der Waals surface area contributed by atoms with Gasteiger partial charge in [0.15, 0.2) is 0 Å². The summed E-state index contributed by atoms with van der Waals surface area (Å²) in [5, 5.41) is 5.22. The summed E-state index contributed by atoms with van der Waals surface area (Å²) < 4.78 is 32.3. The Morgan fingerprint density at radius 1 is 1.30 bits per heavy atom. The number of carbonyl (C=O) groups is 2. The van der Waals surface area contributed by atoms with Gasteiger partial charge in [-0.2, -0.15) is 0 Å². The summed E-state index contributed by atoms with van der Waals surface area (Å²) in [7, 11) is 3.43. The molecule has 2 fully saturated rings. The van der Waals surface area contributed by atoms with Gasteiger partial charge in [-0.15, -0.1) is 0 Å². The molecule has 0 unspecified atom stereocenters. The van der Waals surface area contributed by atoms with Crippen molar-refractivity contribution >= 4 is 17.6 Å². The van der Waals surface area contributed by atoms with Crippen molar-refractivity contribution in [3.05, 3.63) is 29.8 Å². The van der Waals surface area contributed by atoms with Crippen LogP contribution in [0.1, 0.15) is 12.8 Å². The smallest absolute Gasteiger partial charge is 0.319 e. The SMILES string of the molecule is CN(C)C(=O)C[C@H]1CN2C[C@H](NC(=O)Nc3ccc(F)cc3F)C[C@H]2CO1. The number of anilines is 1. The largest absolute Gasteiger partial charge is 0.375 e. The minimum atomic E-state index is -0.823. The second kappa shape index (κ2) is 8.18. The lowest BCUT2D eigenvalue weighted by Crippen LogP contribution is -2.47. The maximum absolute atomic E-state index is 13.6. The van der Waals surface area contributed by atoms with Crippen LogP contribution in [0.15, 0.2) is 18.2 Å². The van der Waals surface area contributed by atoms with Gasteiger partial charge < -0.3 is 20.3 Å². The third-order valence-corrected chi connectivity index (χ3v) is 4.91. The monoisotopic (exact) mass is 382 g/mol. The molecule has 2 aliphatic rings. The van der Waals surface area contributed by atoms with Crippen LogP contribution in [0.2, 0.25) is 0 Å². The van der Waals surface area contributed by atoms with E-state index in [1.807, 2.05) is 0 Å². The van der Waals surface area contributed by atoms with Gasteiger partial charge in [0.1, 0.15) is 11.6 Å². The molecule has 0 aliphatic carbocycles. The summed E-state index contributed by atoms with van der Waals surface area (Å²) in [4.78, 5) is 27.7. The normalized spacial score (nSPS) is 25.0. The molecule has 2 aliphatic heterocycles. The van der Waals surface area contributed by atoms with Crippen molar-refractivity contribution in [3.8, 4) is 0 Å². The molecule has 2 heterocycles. The molecule has 2 saturated heterocycles. The minimum Gasteiger partial charge on any atom is -0.375 e. The molecule has 0 radical (unpaired) electrons. The van der Waals surface area contributed by atoms with Crippen molar-refractivity contribution in [2.45, 2.75) is 31.0 Å². The molecule has 0 bridgehead atoms.